The van der Waals surface area contributed by atoms with Crippen LogP contribution in [0, 0.1) is 5.92 Å². The van der Waals surface area contributed by atoms with Crippen molar-refractivity contribution in [2.75, 3.05) is 19.6 Å². The van der Waals surface area contributed by atoms with Gasteiger partial charge in [0.2, 0.25) is 11.8 Å². The lowest BCUT2D eigenvalue weighted by Crippen LogP contribution is -2.44. The van der Waals surface area contributed by atoms with Gasteiger partial charge < -0.3 is 11.1 Å². The number of likely N-dealkylation sites (tertiary alicyclic amines) is 1. The number of amides is 2. The molecule has 1 atom stereocenters. The summed E-state index contributed by atoms with van der Waals surface area (Å²) >= 11 is 0. The van der Waals surface area contributed by atoms with Gasteiger partial charge in [-0.1, -0.05) is 31.2 Å². The summed E-state index contributed by atoms with van der Waals surface area (Å²) in [5.74, 6) is -0.238. The van der Waals surface area contributed by atoms with Crippen molar-refractivity contribution in [1.82, 2.24) is 10.2 Å². The first kappa shape index (κ1) is 17.5. The van der Waals surface area contributed by atoms with Crippen LogP contribution in [0.5, 0.6) is 0 Å². The van der Waals surface area contributed by atoms with Crippen molar-refractivity contribution >= 4 is 11.8 Å². The second-order valence-electron chi connectivity index (χ2n) is 6.34. The molecule has 0 spiro atoms. The summed E-state index contributed by atoms with van der Waals surface area (Å²) in [6, 6.07) is 8.35. The standard InChI is InChI=1S/C18H27N3O2/c1-3-14-4-6-15(7-5-14)13(2)20-17(22)12-21-10-8-16(9-11-21)18(19)23/h4-7,13,16H,3,8-12H2,1-2H3,(H2,19,23)(H,20,22)/t13-/m0/s1. The minimum absolute atomic E-state index is 0.00318. The van der Waals surface area contributed by atoms with Crippen molar-refractivity contribution in [3.05, 3.63) is 35.4 Å². The first-order chi connectivity index (χ1) is 11.0. The van der Waals surface area contributed by atoms with Gasteiger partial charge in [-0.3, -0.25) is 14.5 Å². The van der Waals surface area contributed by atoms with E-state index in [2.05, 4.69) is 41.4 Å². The van der Waals surface area contributed by atoms with Gasteiger partial charge in [0.1, 0.15) is 0 Å². The SMILES string of the molecule is CCc1ccc([C@H](C)NC(=O)CN2CCC(C(N)=O)CC2)cc1. The van der Waals surface area contributed by atoms with Crippen LogP contribution in [0.2, 0.25) is 0 Å². The average molecular weight is 317 g/mol. The average Bonchev–Trinajstić information content (AvgIpc) is 2.55. The summed E-state index contributed by atoms with van der Waals surface area (Å²) in [6.07, 6.45) is 2.51. The lowest BCUT2D eigenvalue weighted by Gasteiger charge is -2.30. The molecule has 0 aromatic heterocycles. The van der Waals surface area contributed by atoms with Crippen LogP contribution in [-0.2, 0) is 16.0 Å². The van der Waals surface area contributed by atoms with Crippen LogP contribution < -0.4 is 11.1 Å². The molecule has 3 N–H and O–H groups in total. The summed E-state index contributed by atoms with van der Waals surface area (Å²) in [5, 5.41) is 3.04. The number of hydrogen-bond acceptors (Lipinski definition) is 3. The molecule has 1 aliphatic rings. The highest BCUT2D eigenvalue weighted by Crippen LogP contribution is 2.17. The monoisotopic (exact) mass is 317 g/mol. The minimum Gasteiger partial charge on any atom is -0.369 e. The minimum atomic E-state index is -0.224. The molecular weight excluding hydrogens is 290 g/mol. The van der Waals surface area contributed by atoms with Gasteiger partial charge in [-0.15, -0.1) is 0 Å². The van der Waals surface area contributed by atoms with E-state index < -0.39 is 0 Å². The highest BCUT2D eigenvalue weighted by molar-refractivity contribution is 5.79. The number of nitrogens with zero attached hydrogens (tertiary/aromatic N) is 1. The van der Waals surface area contributed by atoms with E-state index in [0.717, 1.165) is 37.9 Å². The van der Waals surface area contributed by atoms with Crippen LogP contribution >= 0.6 is 0 Å². The maximum atomic E-state index is 12.2. The van der Waals surface area contributed by atoms with Crippen LogP contribution in [0.25, 0.3) is 0 Å². The number of carbonyl (C=O) groups is 2. The van der Waals surface area contributed by atoms with E-state index >= 15 is 0 Å². The number of rotatable bonds is 6. The van der Waals surface area contributed by atoms with E-state index in [4.69, 9.17) is 5.73 Å². The molecule has 23 heavy (non-hydrogen) atoms. The maximum Gasteiger partial charge on any atom is 0.234 e. The molecule has 0 unspecified atom stereocenters. The molecule has 2 rings (SSSR count). The fourth-order valence-electron chi connectivity index (χ4n) is 2.99. The quantitative estimate of drug-likeness (QED) is 0.837. The summed E-state index contributed by atoms with van der Waals surface area (Å²) in [4.78, 5) is 25.4. The number of piperidine rings is 1. The van der Waals surface area contributed by atoms with E-state index in [1.54, 1.807) is 0 Å². The van der Waals surface area contributed by atoms with E-state index in [1.807, 2.05) is 6.92 Å². The smallest absolute Gasteiger partial charge is 0.234 e. The third-order valence-corrected chi connectivity index (χ3v) is 4.62. The number of primary amides is 1. The Morgan fingerprint density at radius 3 is 2.39 bits per heavy atom. The normalized spacial score (nSPS) is 17.7. The highest BCUT2D eigenvalue weighted by Gasteiger charge is 2.24. The van der Waals surface area contributed by atoms with Gasteiger partial charge >= 0.3 is 0 Å². The van der Waals surface area contributed by atoms with Gasteiger partial charge in [0.05, 0.1) is 12.6 Å². The summed E-state index contributed by atoms with van der Waals surface area (Å²) in [7, 11) is 0. The Kier molecular flexibility index (Phi) is 6.16. The first-order valence-electron chi connectivity index (χ1n) is 8.39. The van der Waals surface area contributed by atoms with Gasteiger partial charge in [-0.2, -0.15) is 0 Å². The molecule has 1 aliphatic heterocycles. The number of hydrogen-bond donors (Lipinski definition) is 2. The van der Waals surface area contributed by atoms with E-state index in [-0.39, 0.29) is 23.8 Å². The van der Waals surface area contributed by atoms with Crippen molar-refractivity contribution in [3.63, 3.8) is 0 Å². The lowest BCUT2D eigenvalue weighted by molar-refractivity contribution is -0.124. The predicted molar refractivity (Wildman–Crippen MR) is 90.7 cm³/mol. The van der Waals surface area contributed by atoms with Crippen LogP contribution in [0.3, 0.4) is 0 Å². The third kappa shape index (κ3) is 5.06. The molecule has 0 radical (unpaired) electrons. The number of carbonyl (C=O) groups excluding carboxylic acids is 2. The van der Waals surface area contributed by atoms with E-state index in [1.165, 1.54) is 5.56 Å². The van der Waals surface area contributed by atoms with Crippen LogP contribution in [0.4, 0.5) is 0 Å². The zero-order valence-electron chi connectivity index (χ0n) is 14.0. The molecule has 2 amide bonds. The van der Waals surface area contributed by atoms with Crippen molar-refractivity contribution in [3.8, 4) is 0 Å². The Labute approximate surface area is 138 Å². The Morgan fingerprint density at radius 1 is 1.26 bits per heavy atom. The number of benzene rings is 1. The zero-order valence-corrected chi connectivity index (χ0v) is 14.0. The lowest BCUT2D eigenvalue weighted by atomic mass is 9.96. The Balaban J connectivity index is 1.79. The van der Waals surface area contributed by atoms with Crippen LogP contribution in [-0.4, -0.2) is 36.3 Å². The maximum absolute atomic E-state index is 12.2. The second kappa shape index (κ2) is 8.11. The number of nitrogens with two attached hydrogens (primary N) is 1. The molecule has 1 aromatic rings. The molecule has 0 aliphatic carbocycles. The molecule has 1 heterocycles. The van der Waals surface area contributed by atoms with Gasteiger partial charge in [0.15, 0.2) is 0 Å². The molecule has 0 saturated carbocycles. The van der Waals surface area contributed by atoms with Gasteiger partial charge in [0.25, 0.3) is 0 Å². The van der Waals surface area contributed by atoms with Crippen molar-refractivity contribution < 1.29 is 9.59 Å². The topological polar surface area (TPSA) is 75.4 Å². The molecule has 1 saturated heterocycles. The molecule has 1 fully saturated rings. The zero-order chi connectivity index (χ0) is 16.8. The summed E-state index contributed by atoms with van der Waals surface area (Å²) < 4.78 is 0. The largest absolute Gasteiger partial charge is 0.369 e. The van der Waals surface area contributed by atoms with Crippen molar-refractivity contribution in [2.24, 2.45) is 11.7 Å². The van der Waals surface area contributed by atoms with Crippen LogP contribution in [0.15, 0.2) is 24.3 Å². The molecule has 1 aromatic carbocycles. The second-order valence-corrected chi connectivity index (χ2v) is 6.34. The molecule has 0 bridgehead atoms. The first-order valence-corrected chi connectivity index (χ1v) is 8.39. The van der Waals surface area contributed by atoms with Crippen LogP contribution in [0.1, 0.15) is 43.9 Å². The fourth-order valence-corrected chi connectivity index (χ4v) is 2.99. The molecule has 5 nitrogen and oxygen atoms in total. The van der Waals surface area contributed by atoms with Gasteiger partial charge in [-0.25, -0.2) is 0 Å². The summed E-state index contributed by atoms with van der Waals surface area (Å²) in [5.41, 5.74) is 7.74. The van der Waals surface area contributed by atoms with Crippen molar-refractivity contribution in [2.45, 2.75) is 39.2 Å². The molecule has 126 valence electrons. The Bertz CT molecular complexity index is 534. The molecule has 5 heteroatoms. The van der Waals surface area contributed by atoms with Gasteiger partial charge in [0, 0.05) is 5.92 Å². The van der Waals surface area contributed by atoms with Crippen molar-refractivity contribution in [1.29, 1.82) is 0 Å². The van der Waals surface area contributed by atoms with E-state index in [0.29, 0.717) is 6.54 Å². The van der Waals surface area contributed by atoms with E-state index in [9.17, 15) is 9.59 Å². The number of aryl methyl sites for hydroxylation is 1. The fraction of sp³-hybridized carbons (Fsp3) is 0.556. The Hall–Kier alpha value is -1.88. The highest BCUT2D eigenvalue weighted by atomic mass is 16.2. The third-order valence-electron chi connectivity index (χ3n) is 4.62. The predicted octanol–water partition coefficient (Wildman–Crippen LogP) is 1.62. The summed E-state index contributed by atoms with van der Waals surface area (Å²) in [6.45, 7) is 6.00. The molecular formula is C18H27N3O2. The van der Waals surface area contributed by atoms with Gasteiger partial charge in [-0.05, 0) is 50.4 Å². The number of nitrogens with one attached hydrogen (secondary N) is 1. The Morgan fingerprint density at radius 2 is 1.87 bits per heavy atom.